The topological polar surface area (TPSA) is 106 Å². The number of hydrogen-bond donors (Lipinski definition) is 2. The molecule has 6 rings (SSSR count). The summed E-state index contributed by atoms with van der Waals surface area (Å²) in [5.74, 6) is 2.65. The van der Waals surface area contributed by atoms with E-state index in [0.29, 0.717) is 18.0 Å². The average molecular weight is 545 g/mol. The Morgan fingerprint density at radius 3 is 2.56 bits per heavy atom. The van der Waals surface area contributed by atoms with Crippen molar-refractivity contribution >= 4 is 39.6 Å². The molecular weight excluding hydrogens is 516 g/mol. The van der Waals surface area contributed by atoms with Gasteiger partial charge in [-0.15, -0.1) is 0 Å². The van der Waals surface area contributed by atoms with Crippen LogP contribution in [0.4, 0.5) is 10.5 Å². The molecule has 2 fully saturated rings. The molecule has 0 bridgehead atoms. The van der Waals surface area contributed by atoms with E-state index in [-0.39, 0.29) is 22.5 Å². The monoisotopic (exact) mass is 544 g/mol. The number of H-pyrrole nitrogens is 1. The molecule has 2 N–H and O–H groups in total. The number of imidazole rings is 1. The molecule has 2 amide bonds. The first-order valence-corrected chi connectivity index (χ1v) is 13.8. The van der Waals surface area contributed by atoms with Gasteiger partial charge in [0.15, 0.2) is 6.10 Å². The number of aromatic nitrogens is 2. The molecule has 2 aliphatic rings. The molecular formula is C29H28N4O5S. The van der Waals surface area contributed by atoms with Crippen molar-refractivity contribution in [3.8, 4) is 17.2 Å². The number of nitrogens with zero attached hydrogens (tertiary/aromatic N) is 2. The molecule has 3 heterocycles. The van der Waals surface area contributed by atoms with Crippen molar-refractivity contribution in [1.82, 2.24) is 15.3 Å². The lowest BCUT2D eigenvalue weighted by Crippen LogP contribution is -2.36. The van der Waals surface area contributed by atoms with Gasteiger partial charge < -0.3 is 24.1 Å². The van der Waals surface area contributed by atoms with E-state index in [1.165, 1.54) is 0 Å². The third-order valence-electron chi connectivity index (χ3n) is 6.71. The largest absolute Gasteiger partial charge is 0.483 e. The third kappa shape index (κ3) is 5.86. The second-order valence-electron chi connectivity index (χ2n) is 9.49. The number of nitrogens with one attached hydrogen (secondary N) is 2. The van der Waals surface area contributed by atoms with Gasteiger partial charge in [0, 0.05) is 30.9 Å². The predicted octanol–water partition coefficient (Wildman–Crippen LogP) is 5.23. The smallest absolute Gasteiger partial charge is 0.286 e. The van der Waals surface area contributed by atoms with E-state index in [2.05, 4.69) is 27.3 Å². The number of imide groups is 1. The zero-order chi connectivity index (χ0) is 26.8. The van der Waals surface area contributed by atoms with E-state index >= 15 is 0 Å². The summed E-state index contributed by atoms with van der Waals surface area (Å²) in [7, 11) is 0. The number of benzene rings is 3. The Balaban J connectivity index is 1.10. The van der Waals surface area contributed by atoms with Crippen molar-refractivity contribution in [3.05, 3.63) is 78.1 Å². The highest BCUT2D eigenvalue weighted by molar-refractivity contribution is 8.15. The number of amides is 2. The number of carbonyl (C=O) groups is 2. The molecule has 10 heteroatoms. The van der Waals surface area contributed by atoms with Gasteiger partial charge >= 0.3 is 0 Å². The number of morpholine rings is 1. The summed E-state index contributed by atoms with van der Waals surface area (Å²) in [6, 6.07) is 21.4. The van der Waals surface area contributed by atoms with Gasteiger partial charge in [0.25, 0.3) is 5.24 Å². The molecule has 3 aromatic carbocycles. The van der Waals surface area contributed by atoms with Gasteiger partial charge in [-0.3, -0.25) is 14.9 Å². The summed E-state index contributed by atoms with van der Waals surface area (Å²) >= 11 is 1.03. The van der Waals surface area contributed by atoms with Gasteiger partial charge in [-0.05, 0) is 55.3 Å². The molecule has 0 aliphatic carbocycles. The fourth-order valence-electron chi connectivity index (χ4n) is 4.67. The first-order chi connectivity index (χ1) is 19.0. The molecule has 2 atom stereocenters. The third-order valence-corrected chi connectivity index (χ3v) is 7.69. The number of ether oxygens (including phenoxy) is 3. The van der Waals surface area contributed by atoms with Gasteiger partial charge in [0.1, 0.15) is 23.1 Å². The van der Waals surface area contributed by atoms with Crippen LogP contribution in [0.1, 0.15) is 24.4 Å². The molecule has 0 radical (unpaired) electrons. The summed E-state index contributed by atoms with van der Waals surface area (Å²) in [6.45, 7) is 5.15. The Labute approximate surface area is 229 Å². The zero-order valence-electron chi connectivity index (χ0n) is 21.4. The Morgan fingerprint density at radius 2 is 1.79 bits per heavy atom. The van der Waals surface area contributed by atoms with E-state index in [1.807, 2.05) is 61.5 Å². The highest BCUT2D eigenvalue weighted by Gasteiger charge is 2.31. The van der Waals surface area contributed by atoms with Crippen molar-refractivity contribution in [3.63, 3.8) is 0 Å². The Bertz CT molecular complexity index is 1500. The number of hydrogen-bond acceptors (Lipinski definition) is 8. The molecule has 2 aliphatic heterocycles. The van der Waals surface area contributed by atoms with E-state index in [0.717, 1.165) is 71.8 Å². The lowest BCUT2D eigenvalue weighted by molar-refractivity contribution is -0.118. The summed E-state index contributed by atoms with van der Waals surface area (Å²) in [5, 5.41) is 1.64. The molecule has 9 nitrogen and oxygen atoms in total. The maximum Gasteiger partial charge on any atom is 0.286 e. The lowest BCUT2D eigenvalue weighted by Gasteiger charge is -2.29. The molecule has 0 saturated carbocycles. The van der Waals surface area contributed by atoms with Crippen LogP contribution in [0.5, 0.6) is 17.2 Å². The fourth-order valence-corrected chi connectivity index (χ4v) is 5.53. The molecule has 4 aromatic rings. The second-order valence-corrected chi connectivity index (χ2v) is 10.7. The first-order valence-electron chi connectivity index (χ1n) is 12.9. The minimum absolute atomic E-state index is 0.237. The minimum Gasteiger partial charge on any atom is -0.483 e. The quantitative estimate of drug-likeness (QED) is 0.311. The fraction of sp³-hybridized carbons (Fsp3) is 0.276. The van der Waals surface area contributed by atoms with E-state index in [9.17, 15) is 9.59 Å². The van der Waals surface area contributed by atoms with E-state index < -0.39 is 0 Å². The summed E-state index contributed by atoms with van der Waals surface area (Å²) in [5.41, 5.74) is 3.77. The summed E-state index contributed by atoms with van der Waals surface area (Å²) < 4.78 is 17.7. The lowest BCUT2D eigenvalue weighted by atomic mass is 10.1. The Hall–Kier alpha value is -4.02. The molecule has 0 spiro atoms. The number of thioether (sulfide) groups is 1. The maximum atomic E-state index is 11.8. The van der Waals surface area contributed by atoms with Crippen LogP contribution in [0.3, 0.4) is 0 Å². The second kappa shape index (κ2) is 11.0. The SMILES string of the molecule is CC(Oc1ccc(CC2SC(=O)NC2=O)cc1)c1nc2ccc(Oc3cccc(N4CCOCC4)c3)cc2[nH]1. The highest BCUT2D eigenvalue weighted by Crippen LogP contribution is 2.30. The van der Waals surface area contributed by atoms with Crippen molar-refractivity contribution in [2.24, 2.45) is 0 Å². The van der Waals surface area contributed by atoms with Crippen LogP contribution in [0.25, 0.3) is 11.0 Å². The van der Waals surface area contributed by atoms with Crippen LogP contribution in [-0.2, 0) is 16.0 Å². The minimum atomic E-state index is -0.388. The van der Waals surface area contributed by atoms with Crippen LogP contribution in [0.15, 0.2) is 66.7 Å². The summed E-state index contributed by atoms with van der Waals surface area (Å²) in [6.07, 6.45) is 0.176. The standard InChI is InChI=1S/C29H28N4O5S/c1-18(37-21-7-5-19(6-8-21)15-26-28(34)32-29(35)39-26)27-30-24-10-9-23(17-25(24)31-27)38-22-4-2-3-20(16-22)33-11-13-36-14-12-33/h2-10,16-18,26H,11-15H2,1H3,(H,30,31)(H,32,34,35). The predicted molar refractivity (Wildman–Crippen MR) is 150 cm³/mol. The van der Waals surface area contributed by atoms with Gasteiger partial charge in [-0.2, -0.15) is 0 Å². The normalized spacial score (nSPS) is 18.3. The molecule has 2 saturated heterocycles. The highest BCUT2D eigenvalue weighted by atomic mass is 32.2. The molecule has 1 aromatic heterocycles. The van der Waals surface area contributed by atoms with Gasteiger partial charge in [0.2, 0.25) is 5.91 Å². The van der Waals surface area contributed by atoms with Crippen molar-refractivity contribution in [2.45, 2.75) is 24.7 Å². The molecule has 2 unspecified atom stereocenters. The number of aromatic amines is 1. The van der Waals surface area contributed by atoms with Gasteiger partial charge in [-0.1, -0.05) is 30.0 Å². The number of fused-ring (bicyclic) bond motifs is 1. The van der Waals surface area contributed by atoms with Crippen LogP contribution in [0.2, 0.25) is 0 Å². The number of rotatable bonds is 8. The van der Waals surface area contributed by atoms with E-state index in [4.69, 9.17) is 19.2 Å². The number of anilines is 1. The van der Waals surface area contributed by atoms with Crippen molar-refractivity contribution in [1.29, 1.82) is 0 Å². The number of carbonyl (C=O) groups excluding carboxylic acids is 2. The summed E-state index contributed by atoms with van der Waals surface area (Å²) in [4.78, 5) is 33.6. The maximum absolute atomic E-state index is 11.8. The van der Waals surface area contributed by atoms with Crippen molar-refractivity contribution < 1.29 is 23.8 Å². The van der Waals surface area contributed by atoms with Gasteiger partial charge in [0.05, 0.1) is 29.5 Å². The van der Waals surface area contributed by atoms with Crippen LogP contribution < -0.4 is 19.7 Å². The average Bonchev–Trinajstić information content (AvgIpc) is 3.52. The van der Waals surface area contributed by atoms with Gasteiger partial charge in [-0.25, -0.2) is 4.98 Å². The van der Waals surface area contributed by atoms with Crippen LogP contribution >= 0.6 is 11.8 Å². The molecule has 200 valence electrons. The zero-order valence-corrected chi connectivity index (χ0v) is 22.2. The van der Waals surface area contributed by atoms with Crippen LogP contribution in [-0.4, -0.2) is 52.7 Å². The first kappa shape index (κ1) is 25.3. The van der Waals surface area contributed by atoms with Crippen molar-refractivity contribution in [2.75, 3.05) is 31.2 Å². The Kier molecular flexibility index (Phi) is 7.12. The molecule has 39 heavy (non-hydrogen) atoms. The van der Waals surface area contributed by atoms with Crippen LogP contribution in [0, 0.1) is 0 Å². The Morgan fingerprint density at radius 1 is 1.03 bits per heavy atom. The van der Waals surface area contributed by atoms with E-state index in [1.54, 1.807) is 0 Å².